The highest BCUT2D eigenvalue weighted by Crippen LogP contribution is 2.16. The molecule has 0 spiro atoms. The average molecular weight is 270 g/mol. The second-order valence-corrected chi connectivity index (χ2v) is 7.04. The molecule has 0 bridgehead atoms. The van der Waals surface area contributed by atoms with Gasteiger partial charge in [-0.15, -0.1) is 0 Å². The van der Waals surface area contributed by atoms with E-state index in [-0.39, 0.29) is 11.4 Å². The van der Waals surface area contributed by atoms with Crippen LogP contribution in [0.4, 0.5) is 0 Å². The minimum Gasteiger partial charge on any atom is -0.354 e. The fourth-order valence-electron chi connectivity index (χ4n) is 2.31. The number of piperazine rings is 1. The molecule has 19 heavy (non-hydrogen) atoms. The molecule has 0 radical (unpaired) electrons. The van der Waals surface area contributed by atoms with E-state index in [0.29, 0.717) is 13.0 Å². The lowest BCUT2D eigenvalue weighted by atomic mass is 9.99. The lowest BCUT2D eigenvalue weighted by Crippen LogP contribution is -2.58. The van der Waals surface area contributed by atoms with Crippen molar-refractivity contribution in [3.8, 4) is 0 Å². The number of amides is 1. The molecule has 1 aliphatic rings. The van der Waals surface area contributed by atoms with Crippen LogP contribution >= 0.6 is 0 Å². The van der Waals surface area contributed by atoms with Gasteiger partial charge in [0, 0.05) is 50.2 Å². The van der Waals surface area contributed by atoms with E-state index in [1.54, 1.807) is 0 Å². The topological polar surface area (TPSA) is 61.6 Å². The summed E-state index contributed by atoms with van der Waals surface area (Å²) in [6.45, 7) is 13.1. The first kappa shape index (κ1) is 16.4. The highest BCUT2D eigenvalue weighted by molar-refractivity contribution is 5.77. The highest BCUT2D eigenvalue weighted by atomic mass is 16.1. The molecular formula is C14H30N4O. The van der Waals surface area contributed by atoms with Crippen molar-refractivity contribution in [2.75, 3.05) is 39.8 Å². The van der Waals surface area contributed by atoms with Crippen LogP contribution < -0.4 is 11.1 Å². The third kappa shape index (κ3) is 5.89. The minimum absolute atomic E-state index is 0.00430. The molecule has 1 aliphatic heterocycles. The van der Waals surface area contributed by atoms with Gasteiger partial charge in [-0.25, -0.2) is 0 Å². The molecule has 0 aliphatic carbocycles. The molecule has 1 fully saturated rings. The lowest BCUT2D eigenvalue weighted by Gasteiger charge is -2.43. The number of nitrogens with one attached hydrogen (secondary N) is 1. The van der Waals surface area contributed by atoms with Gasteiger partial charge >= 0.3 is 0 Å². The van der Waals surface area contributed by atoms with Crippen molar-refractivity contribution < 1.29 is 4.79 Å². The smallest absolute Gasteiger partial charge is 0.221 e. The zero-order chi connectivity index (χ0) is 14.7. The van der Waals surface area contributed by atoms with Crippen LogP contribution in [0.25, 0.3) is 0 Å². The van der Waals surface area contributed by atoms with E-state index < -0.39 is 5.54 Å². The monoisotopic (exact) mass is 270 g/mol. The number of rotatable bonds is 5. The fraction of sp³-hybridized carbons (Fsp3) is 0.929. The van der Waals surface area contributed by atoms with Crippen LogP contribution in [0.15, 0.2) is 0 Å². The normalized spacial score (nSPS) is 19.5. The van der Waals surface area contributed by atoms with Gasteiger partial charge in [-0.2, -0.15) is 0 Å². The van der Waals surface area contributed by atoms with Crippen molar-refractivity contribution in [1.29, 1.82) is 0 Å². The number of likely N-dealkylation sites (N-methyl/N-ethyl adjacent to an activating group) is 1. The van der Waals surface area contributed by atoms with Gasteiger partial charge in [0.1, 0.15) is 0 Å². The summed E-state index contributed by atoms with van der Waals surface area (Å²) in [6.07, 6.45) is 0.367. The summed E-state index contributed by atoms with van der Waals surface area (Å²) >= 11 is 0. The molecule has 0 aromatic carbocycles. The van der Waals surface area contributed by atoms with E-state index in [4.69, 9.17) is 5.73 Å². The van der Waals surface area contributed by atoms with E-state index in [2.05, 4.69) is 36.0 Å². The number of hydrogen-bond donors (Lipinski definition) is 2. The van der Waals surface area contributed by atoms with Crippen LogP contribution in [0, 0.1) is 0 Å². The maximum absolute atomic E-state index is 11.8. The van der Waals surface area contributed by atoms with Crippen molar-refractivity contribution in [1.82, 2.24) is 15.1 Å². The quantitative estimate of drug-likeness (QED) is 0.752. The largest absolute Gasteiger partial charge is 0.354 e. The van der Waals surface area contributed by atoms with E-state index in [9.17, 15) is 4.79 Å². The fourth-order valence-corrected chi connectivity index (χ4v) is 2.31. The lowest BCUT2D eigenvalue weighted by molar-refractivity contribution is -0.122. The minimum atomic E-state index is -0.442. The molecule has 1 saturated heterocycles. The first-order valence-corrected chi connectivity index (χ1v) is 7.09. The summed E-state index contributed by atoms with van der Waals surface area (Å²) in [4.78, 5) is 16.6. The molecule has 5 nitrogen and oxygen atoms in total. The highest BCUT2D eigenvalue weighted by Gasteiger charge is 2.29. The van der Waals surface area contributed by atoms with Crippen molar-refractivity contribution in [2.45, 2.75) is 45.2 Å². The predicted molar refractivity (Wildman–Crippen MR) is 79.0 cm³/mol. The molecule has 0 saturated carbocycles. The summed E-state index contributed by atoms with van der Waals surface area (Å²) < 4.78 is 0. The van der Waals surface area contributed by atoms with E-state index in [1.165, 1.54) is 0 Å². The molecule has 1 heterocycles. The Bertz CT molecular complexity index is 301. The number of carbonyl (C=O) groups excluding carboxylic acids is 1. The Kier molecular flexibility index (Phi) is 5.35. The van der Waals surface area contributed by atoms with E-state index in [0.717, 1.165) is 26.2 Å². The number of nitrogens with zero attached hydrogens (tertiary/aromatic N) is 2. The van der Waals surface area contributed by atoms with Gasteiger partial charge in [0.2, 0.25) is 5.91 Å². The third-order valence-corrected chi connectivity index (χ3v) is 3.69. The van der Waals surface area contributed by atoms with Crippen LogP contribution in [0.2, 0.25) is 0 Å². The number of carbonyl (C=O) groups is 1. The van der Waals surface area contributed by atoms with Gasteiger partial charge in [-0.05, 0) is 34.7 Å². The van der Waals surface area contributed by atoms with Gasteiger partial charge < -0.3 is 16.0 Å². The summed E-state index contributed by atoms with van der Waals surface area (Å²) in [7, 11) is 2.15. The molecule has 0 atom stereocenters. The molecule has 0 aromatic heterocycles. The Morgan fingerprint density at radius 3 is 2.16 bits per heavy atom. The van der Waals surface area contributed by atoms with E-state index in [1.807, 2.05) is 13.8 Å². The molecule has 0 aromatic rings. The molecular weight excluding hydrogens is 240 g/mol. The van der Waals surface area contributed by atoms with Crippen LogP contribution in [-0.4, -0.2) is 66.6 Å². The Morgan fingerprint density at radius 2 is 1.68 bits per heavy atom. The Labute approximate surface area is 117 Å². The first-order valence-electron chi connectivity index (χ1n) is 7.09. The molecule has 112 valence electrons. The molecule has 3 N–H and O–H groups in total. The second-order valence-electron chi connectivity index (χ2n) is 7.04. The van der Waals surface area contributed by atoms with Gasteiger partial charge in [0.05, 0.1) is 0 Å². The third-order valence-electron chi connectivity index (χ3n) is 3.69. The Morgan fingerprint density at radius 1 is 1.16 bits per heavy atom. The number of nitrogens with two attached hydrogens (primary N) is 1. The van der Waals surface area contributed by atoms with Gasteiger partial charge in [0.15, 0.2) is 0 Å². The molecule has 1 amide bonds. The summed E-state index contributed by atoms with van der Waals surface area (Å²) in [5.41, 5.74) is 5.41. The van der Waals surface area contributed by atoms with Gasteiger partial charge in [-0.3, -0.25) is 9.69 Å². The van der Waals surface area contributed by atoms with Crippen molar-refractivity contribution in [3.63, 3.8) is 0 Å². The van der Waals surface area contributed by atoms with Crippen molar-refractivity contribution in [2.24, 2.45) is 5.73 Å². The zero-order valence-electron chi connectivity index (χ0n) is 13.1. The van der Waals surface area contributed by atoms with Crippen molar-refractivity contribution in [3.05, 3.63) is 0 Å². The summed E-state index contributed by atoms with van der Waals surface area (Å²) in [5, 5.41) is 3.01. The Balaban J connectivity index is 2.40. The SMILES string of the molecule is CN1CCN(C(C)(C)CNC(=O)CC(C)(C)N)CC1. The molecule has 0 unspecified atom stereocenters. The maximum atomic E-state index is 11.8. The summed E-state index contributed by atoms with van der Waals surface area (Å²) in [6, 6.07) is 0. The van der Waals surface area contributed by atoms with Crippen LogP contribution in [-0.2, 0) is 4.79 Å². The van der Waals surface area contributed by atoms with Gasteiger partial charge in [-0.1, -0.05) is 0 Å². The molecule has 5 heteroatoms. The van der Waals surface area contributed by atoms with Crippen molar-refractivity contribution >= 4 is 5.91 Å². The second kappa shape index (κ2) is 6.20. The maximum Gasteiger partial charge on any atom is 0.221 e. The van der Waals surface area contributed by atoms with E-state index >= 15 is 0 Å². The van der Waals surface area contributed by atoms with Gasteiger partial charge in [0.25, 0.3) is 0 Å². The zero-order valence-corrected chi connectivity index (χ0v) is 13.1. The standard InChI is InChI=1S/C14H30N4O/c1-13(2,15)10-12(19)16-11-14(3,4)18-8-6-17(5)7-9-18/h6-11,15H2,1-5H3,(H,16,19). The molecule has 1 rings (SSSR count). The predicted octanol–water partition coefficient (Wildman–Crippen LogP) is 0.256. The van der Waals surface area contributed by atoms with Crippen LogP contribution in [0.1, 0.15) is 34.1 Å². The summed E-state index contributed by atoms with van der Waals surface area (Å²) in [5.74, 6) is 0.0368. The Hall–Kier alpha value is -0.650. The van der Waals surface area contributed by atoms with Crippen LogP contribution in [0.3, 0.4) is 0 Å². The average Bonchev–Trinajstić information content (AvgIpc) is 2.25. The van der Waals surface area contributed by atoms with Crippen LogP contribution in [0.5, 0.6) is 0 Å². The number of hydrogen-bond acceptors (Lipinski definition) is 4. The first-order chi connectivity index (χ1) is 8.60.